The maximum Gasteiger partial charge on any atom is 0.237 e. The first-order valence-electron chi connectivity index (χ1n) is 9.73. The van der Waals surface area contributed by atoms with E-state index in [1.165, 1.54) is 10.4 Å². The summed E-state index contributed by atoms with van der Waals surface area (Å²) in [5, 5.41) is 2.14. The maximum absolute atomic E-state index is 13.1. The van der Waals surface area contributed by atoms with E-state index in [0.29, 0.717) is 13.1 Å². The molecule has 0 bridgehead atoms. The Morgan fingerprint density at radius 3 is 2.26 bits per heavy atom. The third-order valence-electron chi connectivity index (χ3n) is 5.08. The summed E-state index contributed by atoms with van der Waals surface area (Å²) in [5.41, 5.74) is 0.995. The van der Waals surface area contributed by atoms with Crippen LogP contribution in [0.5, 0.6) is 0 Å². The van der Waals surface area contributed by atoms with Gasteiger partial charge in [0.25, 0.3) is 0 Å². The zero-order chi connectivity index (χ0) is 19.3. The number of nitrogens with zero attached hydrogens (tertiary/aromatic N) is 3. The smallest absolute Gasteiger partial charge is 0.237 e. The molecule has 1 saturated heterocycles. The molecular weight excluding hydrogens is 354 g/mol. The van der Waals surface area contributed by atoms with Gasteiger partial charge >= 0.3 is 0 Å². The Morgan fingerprint density at radius 1 is 1.00 bits per heavy atom. The topological polar surface area (TPSA) is 26.8 Å². The van der Waals surface area contributed by atoms with E-state index in [-0.39, 0.29) is 11.4 Å². The lowest BCUT2D eigenvalue weighted by molar-refractivity contribution is -0.138. The van der Waals surface area contributed by atoms with Crippen LogP contribution < -0.4 is 0 Å². The lowest BCUT2D eigenvalue weighted by atomic mass is 10.0. The predicted molar refractivity (Wildman–Crippen MR) is 113 cm³/mol. The van der Waals surface area contributed by atoms with Crippen molar-refractivity contribution in [2.45, 2.75) is 39.4 Å². The van der Waals surface area contributed by atoms with Crippen LogP contribution in [0.15, 0.2) is 47.8 Å². The number of piperazine rings is 1. The van der Waals surface area contributed by atoms with E-state index in [4.69, 9.17) is 0 Å². The molecule has 1 aromatic carbocycles. The van der Waals surface area contributed by atoms with Gasteiger partial charge in [-0.3, -0.25) is 14.6 Å². The normalized spacial score (nSPS) is 16.4. The minimum Gasteiger partial charge on any atom is -0.332 e. The fourth-order valence-electron chi connectivity index (χ4n) is 3.47. The highest BCUT2D eigenvalue weighted by Gasteiger charge is 2.28. The molecule has 1 aliphatic rings. The predicted octanol–water partition coefficient (Wildman–Crippen LogP) is 3.69. The molecule has 4 nitrogen and oxygen atoms in total. The Bertz CT molecular complexity index is 701. The van der Waals surface area contributed by atoms with Crippen molar-refractivity contribution in [3.63, 3.8) is 0 Å². The van der Waals surface area contributed by atoms with Gasteiger partial charge in [0.05, 0.1) is 6.54 Å². The summed E-state index contributed by atoms with van der Waals surface area (Å²) in [5.74, 6) is 0.220. The van der Waals surface area contributed by atoms with Crippen molar-refractivity contribution in [1.29, 1.82) is 0 Å². The summed E-state index contributed by atoms with van der Waals surface area (Å²) in [6, 6.07) is 14.6. The van der Waals surface area contributed by atoms with Gasteiger partial charge in [0.15, 0.2) is 0 Å². The number of amides is 1. The van der Waals surface area contributed by atoms with E-state index in [2.05, 4.69) is 60.2 Å². The Hall–Kier alpha value is -1.69. The van der Waals surface area contributed by atoms with E-state index >= 15 is 0 Å². The number of carbonyl (C=O) groups excluding carboxylic acids is 1. The van der Waals surface area contributed by atoms with Crippen LogP contribution in [0.3, 0.4) is 0 Å². The van der Waals surface area contributed by atoms with Crippen molar-refractivity contribution < 1.29 is 4.79 Å². The monoisotopic (exact) mass is 385 g/mol. The van der Waals surface area contributed by atoms with Crippen molar-refractivity contribution >= 4 is 17.2 Å². The van der Waals surface area contributed by atoms with Gasteiger partial charge in [0.2, 0.25) is 5.91 Å². The fourth-order valence-corrected chi connectivity index (χ4v) is 4.22. The van der Waals surface area contributed by atoms with E-state index in [1.807, 2.05) is 34.4 Å². The van der Waals surface area contributed by atoms with Gasteiger partial charge < -0.3 is 4.90 Å². The van der Waals surface area contributed by atoms with Crippen LogP contribution in [-0.2, 0) is 17.9 Å². The molecule has 1 fully saturated rings. The van der Waals surface area contributed by atoms with Crippen LogP contribution in [0.1, 0.15) is 31.2 Å². The maximum atomic E-state index is 13.1. The van der Waals surface area contributed by atoms with Gasteiger partial charge in [0, 0.05) is 49.7 Å². The van der Waals surface area contributed by atoms with E-state index in [0.717, 1.165) is 32.7 Å². The first-order chi connectivity index (χ1) is 12.9. The summed E-state index contributed by atoms with van der Waals surface area (Å²) in [6.45, 7) is 12.5. The quantitative estimate of drug-likeness (QED) is 0.759. The Labute approximate surface area is 167 Å². The number of hydrogen-bond donors (Lipinski definition) is 0. The van der Waals surface area contributed by atoms with Gasteiger partial charge in [-0.2, -0.15) is 0 Å². The van der Waals surface area contributed by atoms with E-state index < -0.39 is 0 Å². The zero-order valence-electron chi connectivity index (χ0n) is 16.7. The van der Waals surface area contributed by atoms with Crippen LogP contribution in [0.25, 0.3) is 0 Å². The molecule has 0 aliphatic carbocycles. The molecule has 0 saturated carbocycles. The van der Waals surface area contributed by atoms with Crippen LogP contribution in [0.2, 0.25) is 0 Å². The fraction of sp³-hybridized carbons (Fsp3) is 0.500. The number of hydrogen-bond acceptors (Lipinski definition) is 4. The molecule has 0 unspecified atom stereocenters. The van der Waals surface area contributed by atoms with Gasteiger partial charge in [-0.15, -0.1) is 11.3 Å². The Balaban J connectivity index is 1.53. The van der Waals surface area contributed by atoms with Gasteiger partial charge in [-0.25, -0.2) is 0 Å². The third-order valence-corrected chi connectivity index (χ3v) is 5.94. The SMILES string of the molecule is CC(C)(C)N(Cc1ccccc1)C(=O)CN1CCN(Cc2cccs2)CC1. The average Bonchev–Trinajstić information content (AvgIpc) is 3.14. The van der Waals surface area contributed by atoms with Crippen molar-refractivity contribution in [1.82, 2.24) is 14.7 Å². The van der Waals surface area contributed by atoms with Gasteiger partial charge in [-0.1, -0.05) is 36.4 Å². The molecule has 1 aliphatic heterocycles. The lowest BCUT2D eigenvalue weighted by Crippen LogP contribution is -2.52. The van der Waals surface area contributed by atoms with Crippen LogP contribution in [-0.4, -0.2) is 58.9 Å². The molecule has 0 atom stereocenters. The second kappa shape index (κ2) is 9.00. The Kier molecular flexibility index (Phi) is 6.68. The van der Waals surface area contributed by atoms with Crippen molar-refractivity contribution in [3.05, 3.63) is 58.3 Å². The summed E-state index contributed by atoms with van der Waals surface area (Å²) >= 11 is 1.82. The Morgan fingerprint density at radius 2 is 1.67 bits per heavy atom. The first kappa shape index (κ1) is 20.1. The zero-order valence-corrected chi connectivity index (χ0v) is 17.5. The van der Waals surface area contributed by atoms with Gasteiger partial charge in [0.1, 0.15) is 0 Å². The van der Waals surface area contributed by atoms with Crippen LogP contribution >= 0.6 is 11.3 Å². The number of thiophene rings is 1. The number of rotatable bonds is 6. The van der Waals surface area contributed by atoms with E-state index in [9.17, 15) is 4.79 Å². The molecule has 2 heterocycles. The standard InChI is InChI=1S/C22H31N3OS/c1-22(2,3)25(16-19-8-5-4-6-9-19)21(26)18-24-13-11-23(12-14-24)17-20-10-7-15-27-20/h4-10,15H,11-14,16-18H2,1-3H3. The lowest BCUT2D eigenvalue weighted by Gasteiger charge is -2.39. The molecule has 1 aromatic heterocycles. The minimum absolute atomic E-state index is 0.187. The number of carbonyl (C=O) groups is 1. The van der Waals surface area contributed by atoms with Crippen molar-refractivity contribution in [2.75, 3.05) is 32.7 Å². The summed E-state index contributed by atoms with van der Waals surface area (Å²) in [6.07, 6.45) is 0. The highest BCUT2D eigenvalue weighted by atomic mass is 32.1. The molecule has 27 heavy (non-hydrogen) atoms. The highest BCUT2D eigenvalue weighted by molar-refractivity contribution is 7.09. The van der Waals surface area contributed by atoms with Crippen LogP contribution in [0, 0.1) is 0 Å². The molecule has 3 rings (SSSR count). The molecule has 5 heteroatoms. The van der Waals surface area contributed by atoms with E-state index in [1.54, 1.807) is 0 Å². The number of benzene rings is 1. The molecule has 0 N–H and O–H groups in total. The second-order valence-electron chi connectivity index (χ2n) is 8.27. The molecule has 0 radical (unpaired) electrons. The molecule has 2 aromatic rings. The molecule has 146 valence electrons. The van der Waals surface area contributed by atoms with Crippen molar-refractivity contribution in [2.24, 2.45) is 0 Å². The molecular formula is C22H31N3OS. The van der Waals surface area contributed by atoms with Gasteiger partial charge in [-0.05, 0) is 37.8 Å². The summed E-state index contributed by atoms with van der Waals surface area (Å²) in [7, 11) is 0. The first-order valence-corrected chi connectivity index (χ1v) is 10.6. The summed E-state index contributed by atoms with van der Waals surface area (Å²) in [4.78, 5) is 21.3. The summed E-state index contributed by atoms with van der Waals surface area (Å²) < 4.78 is 0. The molecule has 1 amide bonds. The van der Waals surface area contributed by atoms with Crippen LogP contribution in [0.4, 0.5) is 0 Å². The third kappa shape index (κ3) is 5.89. The minimum atomic E-state index is -0.187. The highest BCUT2D eigenvalue weighted by Crippen LogP contribution is 2.19. The largest absolute Gasteiger partial charge is 0.332 e. The second-order valence-corrected chi connectivity index (χ2v) is 9.30. The molecule has 0 spiro atoms. The van der Waals surface area contributed by atoms with Crippen molar-refractivity contribution in [3.8, 4) is 0 Å². The average molecular weight is 386 g/mol.